The first kappa shape index (κ1) is 20.2. The highest BCUT2D eigenvalue weighted by Crippen LogP contribution is 2.19. The number of nitrogens with zero attached hydrogens (tertiary/aromatic N) is 4. The van der Waals surface area contributed by atoms with Crippen LogP contribution in [0.15, 0.2) is 24.3 Å². The monoisotopic (exact) mass is 361 g/mol. The molecule has 1 aliphatic rings. The molecule has 1 fully saturated rings. The molecule has 1 aromatic carbocycles. The molecule has 1 aromatic rings. The van der Waals surface area contributed by atoms with E-state index in [0.29, 0.717) is 6.54 Å². The Hall–Kier alpha value is -2.12. The van der Waals surface area contributed by atoms with Gasteiger partial charge in [-0.1, -0.05) is 0 Å². The van der Waals surface area contributed by atoms with Gasteiger partial charge in [0.25, 0.3) is 0 Å². The number of rotatable bonds is 7. The summed E-state index contributed by atoms with van der Waals surface area (Å²) in [5, 5.41) is 2.88. The highest BCUT2D eigenvalue weighted by atomic mass is 16.2. The van der Waals surface area contributed by atoms with Crippen LogP contribution in [-0.4, -0.2) is 93.5 Å². The molecule has 0 aliphatic carbocycles. The van der Waals surface area contributed by atoms with Crippen molar-refractivity contribution in [3.8, 4) is 0 Å². The van der Waals surface area contributed by atoms with Crippen LogP contribution >= 0.6 is 0 Å². The molecule has 2 rings (SSSR count). The molecule has 7 nitrogen and oxygen atoms in total. The third-order valence-electron chi connectivity index (χ3n) is 4.62. The molecule has 0 unspecified atom stereocenters. The average Bonchev–Trinajstić information content (AvgIpc) is 2.59. The number of carbonyl (C=O) groups is 2. The second-order valence-electron chi connectivity index (χ2n) is 7.13. The lowest BCUT2D eigenvalue weighted by atomic mass is 10.2. The van der Waals surface area contributed by atoms with Crippen molar-refractivity contribution in [3.05, 3.63) is 24.3 Å². The maximum Gasteiger partial charge on any atom is 0.243 e. The van der Waals surface area contributed by atoms with Gasteiger partial charge in [-0.05, 0) is 45.4 Å². The van der Waals surface area contributed by atoms with Gasteiger partial charge < -0.3 is 24.9 Å². The van der Waals surface area contributed by atoms with Crippen molar-refractivity contribution in [2.75, 3.05) is 77.2 Å². The van der Waals surface area contributed by atoms with E-state index < -0.39 is 0 Å². The minimum absolute atomic E-state index is 0.0728. The van der Waals surface area contributed by atoms with Crippen LogP contribution < -0.4 is 10.2 Å². The van der Waals surface area contributed by atoms with Gasteiger partial charge in [-0.3, -0.25) is 9.59 Å². The van der Waals surface area contributed by atoms with Crippen LogP contribution in [0.2, 0.25) is 0 Å². The molecule has 2 amide bonds. The van der Waals surface area contributed by atoms with E-state index in [4.69, 9.17) is 0 Å². The summed E-state index contributed by atoms with van der Waals surface area (Å²) < 4.78 is 0. The van der Waals surface area contributed by atoms with E-state index >= 15 is 0 Å². The van der Waals surface area contributed by atoms with E-state index in [-0.39, 0.29) is 18.4 Å². The second-order valence-corrected chi connectivity index (χ2v) is 7.13. The first-order valence-corrected chi connectivity index (χ1v) is 9.09. The molecule has 0 spiro atoms. The summed E-state index contributed by atoms with van der Waals surface area (Å²) in [5.41, 5.74) is 1.93. The van der Waals surface area contributed by atoms with Crippen molar-refractivity contribution >= 4 is 23.2 Å². The van der Waals surface area contributed by atoms with Gasteiger partial charge in [0.2, 0.25) is 11.8 Å². The third kappa shape index (κ3) is 6.31. The Morgan fingerprint density at radius 2 is 1.65 bits per heavy atom. The molecule has 0 atom stereocenters. The topological polar surface area (TPSA) is 59.1 Å². The smallest absolute Gasteiger partial charge is 0.243 e. The lowest BCUT2D eigenvalue weighted by Gasteiger charge is -2.34. The lowest BCUT2D eigenvalue weighted by Crippen LogP contribution is -2.44. The number of hydrogen-bond donors (Lipinski definition) is 1. The van der Waals surface area contributed by atoms with Crippen LogP contribution in [0.1, 0.15) is 6.92 Å². The highest BCUT2D eigenvalue weighted by molar-refractivity contribution is 5.94. The van der Waals surface area contributed by atoms with E-state index in [1.54, 1.807) is 4.90 Å². The maximum atomic E-state index is 12.3. The van der Waals surface area contributed by atoms with Crippen molar-refractivity contribution in [3.63, 3.8) is 0 Å². The maximum absolute atomic E-state index is 12.3. The zero-order valence-corrected chi connectivity index (χ0v) is 16.4. The zero-order valence-electron chi connectivity index (χ0n) is 16.4. The van der Waals surface area contributed by atoms with Gasteiger partial charge in [-0.2, -0.15) is 0 Å². The minimum Gasteiger partial charge on any atom is -0.369 e. The highest BCUT2D eigenvalue weighted by Gasteiger charge is 2.16. The summed E-state index contributed by atoms with van der Waals surface area (Å²) >= 11 is 0. The number of carbonyl (C=O) groups excluding carboxylic acids is 2. The summed E-state index contributed by atoms with van der Waals surface area (Å²) in [6.07, 6.45) is 0. The Bertz CT molecular complexity index is 594. The van der Waals surface area contributed by atoms with Crippen LogP contribution in [0, 0.1) is 0 Å². The van der Waals surface area contributed by atoms with Crippen LogP contribution in [-0.2, 0) is 9.59 Å². The predicted molar refractivity (Wildman–Crippen MR) is 106 cm³/mol. The third-order valence-corrected chi connectivity index (χ3v) is 4.62. The molecule has 1 N–H and O–H groups in total. The van der Waals surface area contributed by atoms with Gasteiger partial charge in [0, 0.05) is 57.6 Å². The fraction of sp³-hybridized carbons (Fsp3) is 0.579. The van der Waals surface area contributed by atoms with Gasteiger partial charge in [0.1, 0.15) is 0 Å². The molecule has 0 bridgehead atoms. The molecule has 1 aliphatic heterocycles. The molecular formula is C19H31N5O2. The second kappa shape index (κ2) is 9.54. The fourth-order valence-electron chi connectivity index (χ4n) is 2.86. The van der Waals surface area contributed by atoms with E-state index in [0.717, 1.165) is 38.4 Å². The summed E-state index contributed by atoms with van der Waals surface area (Å²) in [7, 11) is 6.03. The number of nitrogens with one attached hydrogen (secondary N) is 1. The summed E-state index contributed by atoms with van der Waals surface area (Å²) in [6, 6.07) is 7.92. The Labute approximate surface area is 156 Å². The number of likely N-dealkylation sites (N-methyl/N-ethyl adjacent to an activating group) is 2. The predicted octanol–water partition coefficient (Wildman–Crippen LogP) is 0.787. The first-order chi connectivity index (χ1) is 12.3. The Morgan fingerprint density at radius 3 is 2.19 bits per heavy atom. The quantitative estimate of drug-likeness (QED) is 0.778. The Kier molecular flexibility index (Phi) is 7.41. The van der Waals surface area contributed by atoms with E-state index in [1.165, 1.54) is 12.6 Å². The molecule has 26 heavy (non-hydrogen) atoms. The van der Waals surface area contributed by atoms with Crippen molar-refractivity contribution in [1.29, 1.82) is 0 Å². The molecule has 0 saturated carbocycles. The number of piperazine rings is 1. The van der Waals surface area contributed by atoms with Gasteiger partial charge in [-0.25, -0.2) is 0 Å². The van der Waals surface area contributed by atoms with E-state index in [1.807, 2.05) is 43.3 Å². The molecule has 0 aromatic heterocycles. The number of anilines is 2. The number of amides is 2. The van der Waals surface area contributed by atoms with Gasteiger partial charge in [0.15, 0.2) is 0 Å². The van der Waals surface area contributed by atoms with Crippen LogP contribution in [0.3, 0.4) is 0 Å². The molecule has 1 heterocycles. The molecule has 0 radical (unpaired) electrons. The number of hydrogen-bond acceptors (Lipinski definition) is 5. The number of benzene rings is 1. The van der Waals surface area contributed by atoms with Gasteiger partial charge in [0.05, 0.1) is 6.54 Å². The molecule has 7 heteroatoms. The van der Waals surface area contributed by atoms with Crippen molar-refractivity contribution < 1.29 is 9.59 Å². The van der Waals surface area contributed by atoms with Crippen molar-refractivity contribution in [2.45, 2.75) is 6.92 Å². The summed E-state index contributed by atoms with van der Waals surface area (Å²) in [6.45, 7) is 6.99. The minimum atomic E-state index is -0.175. The normalized spacial score (nSPS) is 15.2. The van der Waals surface area contributed by atoms with Gasteiger partial charge in [-0.15, -0.1) is 0 Å². The van der Waals surface area contributed by atoms with Crippen LogP contribution in [0.5, 0.6) is 0 Å². The molecule has 144 valence electrons. The largest absolute Gasteiger partial charge is 0.369 e. The fourth-order valence-corrected chi connectivity index (χ4v) is 2.86. The summed E-state index contributed by atoms with van der Waals surface area (Å²) in [4.78, 5) is 32.2. The Balaban J connectivity index is 1.87. The van der Waals surface area contributed by atoms with Crippen LogP contribution in [0.4, 0.5) is 11.4 Å². The SMILES string of the molecule is CC(=O)N(CCN(C)C)CC(=O)Nc1ccc(N2CCN(C)CC2)cc1. The van der Waals surface area contributed by atoms with Crippen molar-refractivity contribution in [1.82, 2.24) is 14.7 Å². The lowest BCUT2D eigenvalue weighted by molar-refractivity contribution is -0.132. The molecule has 1 saturated heterocycles. The zero-order chi connectivity index (χ0) is 19.1. The summed E-state index contributed by atoms with van der Waals surface area (Å²) in [5.74, 6) is -0.265. The first-order valence-electron chi connectivity index (χ1n) is 9.09. The van der Waals surface area contributed by atoms with Crippen molar-refractivity contribution in [2.24, 2.45) is 0 Å². The van der Waals surface area contributed by atoms with E-state index in [2.05, 4.69) is 22.2 Å². The van der Waals surface area contributed by atoms with Crippen LogP contribution in [0.25, 0.3) is 0 Å². The standard InChI is InChI=1S/C19H31N5O2/c1-16(25)24(12-9-21(2)3)15-19(26)20-17-5-7-18(8-6-17)23-13-10-22(4)11-14-23/h5-8H,9-15H2,1-4H3,(H,20,26). The molecular weight excluding hydrogens is 330 g/mol. The van der Waals surface area contributed by atoms with E-state index in [9.17, 15) is 9.59 Å². The van der Waals surface area contributed by atoms with Gasteiger partial charge >= 0.3 is 0 Å². The average molecular weight is 361 g/mol. The Morgan fingerprint density at radius 1 is 1.04 bits per heavy atom.